The molecule has 0 aromatic rings. The van der Waals surface area contributed by atoms with E-state index in [9.17, 15) is 9.59 Å². The van der Waals surface area contributed by atoms with Crippen molar-refractivity contribution in [3.05, 3.63) is 0 Å². The topological polar surface area (TPSA) is 52.6 Å². The summed E-state index contributed by atoms with van der Waals surface area (Å²) < 4.78 is 9.35. The van der Waals surface area contributed by atoms with Crippen molar-refractivity contribution < 1.29 is 19.1 Å². The molecule has 1 atom stereocenters. The van der Waals surface area contributed by atoms with Gasteiger partial charge >= 0.3 is 11.9 Å². The summed E-state index contributed by atoms with van der Waals surface area (Å²) >= 11 is 1.43. The summed E-state index contributed by atoms with van der Waals surface area (Å²) in [6.45, 7) is 6.65. The molecule has 0 rings (SSSR count). The van der Waals surface area contributed by atoms with E-state index in [2.05, 4.69) is 24.4 Å². The summed E-state index contributed by atoms with van der Waals surface area (Å²) in [4.78, 5) is 22.6. The van der Waals surface area contributed by atoms with Crippen molar-refractivity contribution in [2.75, 3.05) is 25.7 Å². The van der Waals surface area contributed by atoms with Crippen molar-refractivity contribution >= 4 is 31.8 Å². The second kappa shape index (κ2) is 7.76. The van der Waals surface area contributed by atoms with Gasteiger partial charge in [0.05, 0.1) is 25.9 Å². The molecule has 0 heterocycles. The molecule has 0 fully saturated rings. The fourth-order valence-electron chi connectivity index (χ4n) is 1.46. The lowest BCUT2D eigenvalue weighted by molar-refractivity contribution is -0.144. The first-order chi connectivity index (χ1) is 7.80. The molecule has 0 aliphatic rings. The highest BCUT2D eigenvalue weighted by Crippen LogP contribution is 2.22. The van der Waals surface area contributed by atoms with Crippen molar-refractivity contribution in [2.45, 2.75) is 25.7 Å². The molecule has 0 spiro atoms. The Morgan fingerprint density at radius 1 is 1.18 bits per heavy atom. The standard InChI is InChI=1S/C11H22O4SSi/c1-14-10(12)7-16-6-9(11(13)15-2)8-17(3,4)5/h9H,6-8H2,1-5H3/t9-/m0/s1. The first-order valence-electron chi connectivity index (χ1n) is 5.52. The Balaban J connectivity index is 4.21. The summed E-state index contributed by atoms with van der Waals surface area (Å²) in [7, 11) is 1.46. The van der Waals surface area contributed by atoms with E-state index >= 15 is 0 Å². The highest BCUT2D eigenvalue weighted by atomic mass is 32.2. The fraction of sp³-hybridized carbons (Fsp3) is 0.818. The van der Waals surface area contributed by atoms with E-state index in [1.165, 1.54) is 26.0 Å². The van der Waals surface area contributed by atoms with E-state index in [0.29, 0.717) is 5.75 Å². The van der Waals surface area contributed by atoms with Gasteiger partial charge in [-0.3, -0.25) is 9.59 Å². The van der Waals surface area contributed by atoms with Crippen LogP contribution in [0.4, 0.5) is 0 Å². The molecular weight excluding hydrogens is 256 g/mol. The molecular formula is C11H22O4SSi. The molecule has 0 aromatic carbocycles. The van der Waals surface area contributed by atoms with E-state index in [1.807, 2.05) is 0 Å². The molecule has 0 aliphatic heterocycles. The van der Waals surface area contributed by atoms with Crippen molar-refractivity contribution in [3.63, 3.8) is 0 Å². The zero-order chi connectivity index (χ0) is 13.5. The second-order valence-corrected chi connectivity index (χ2v) is 11.6. The van der Waals surface area contributed by atoms with Crippen LogP contribution in [-0.2, 0) is 19.1 Å². The third kappa shape index (κ3) is 8.26. The third-order valence-electron chi connectivity index (χ3n) is 2.16. The summed E-state index contributed by atoms with van der Waals surface area (Å²) in [6.07, 6.45) is 0. The molecule has 0 aromatic heterocycles. The van der Waals surface area contributed by atoms with Gasteiger partial charge in [-0.2, -0.15) is 0 Å². The number of rotatable bonds is 7. The van der Waals surface area contributed by atoms with Gasteiger partial charge in [0.1, 0.15) is 0 Å². The van der Waals surface area contributed by atoms with Gasteiger partial charge in [-0.15, -0.1) is 11.8 Å². The molecule has 0 unspecified atom stereocenters. The maximum Gasteiger partial charge on any atom is 0.315 e. The van der Waals surface area contributed by atoms with Crippen LogP contribution in [0.15, 0.2) is 0 Å². The lowest BCUT2D eigenvalue weighted by Crippen LogP contribution is -2.30. The Bertz CT molecular complexity index is 263. The Labute approximate surface area is 108 Å². The van der Waals surface area contributed by atoms with Crippen molar-refractivity contribution in [1.82, 2.24) is 0 Å². The van der Waals surface area contributed by atoms with E-state index in [0.717, 1.165) is 6.04 Å². The van der Waals surface area contributed by atoms with Crippen LogP contribution >= 0.6 is 11.8 Å². The van der Waals surface area contributed by atoms with E-state index in [4.69, 9.17) is 4.74 Å². The van der Waals surface area contributed by atoms with Gasteiger partial charge in [0.25, 0.3) is 0 Å². The van der Waals surface area contributed by atoms with Crippen molar-refractivity contribution in [2.24, 2.45) is 5.92 Å². The lowest BCUT2D eigenvalue weighted by atomic mass is 10.2. The monoisotopic (exact) mass is 278 g/mol. The molecule has 0 bridgehead atoms. The van der Waals surface area contributed by atoms with Gasteiger partial charge in [-0.25, -0.2) is 0 Å². The molecule has 17 heavy (non-hydrogen) atoms. The first kappa shape index (κ1) is 16.5. The number of carbonyl (C=O) groups excluding carboxylic acids is 2. The molecule has 100 valence electrons. The molecule has 0 amide bonds. The molecule has 0 aliphatic carbocycles. The van der Waals surface area contributed by atoms with Gasteiger partial charge in [-0.05, 0) is 6.04 Å². The molecule has 0 saturated carbocycles. The summed E-state index contributed by atoms with van der Waals surface area (Å²) in [5.41, 5.74) is 0. The summed E-state index contributed by atoms with van der Waals surface area (Å²) in [5.74, 6) is 0.361. The molecule has 0 radical (unpaired) electrons. The minimum atomic E-state index is -1.32. The number of methoxy groups -OCH3 is 2. The van der Waals surface area contributed by atoms with E-state index in [-0.39, 0.29) is 23.6 Å². The molecule has 0 saturated heterocycles. The van der Waals surface area contributed by atoms with Crippen molar-refractivity contribution in [1.29, 1.82) is 0 Å². The Morgan fingerprint density at radius 2 is 1.76 bits per heavy atom. The second-order valence-electron chi connectivity index (χ2n) is 5.08. The highest BCUT2D eigenvalue weighted by molar-refractivity contribution is 7.99. The number of carbonyl (C=O) groups is 2. The summed E-state index contributed by atoms with van der Waals surface area (Å²) in [5, 5.41) is 0. The van der Waals surface area contributed by atoms with Crippen LogP contribution in [0.2, 0.25) is 25.7 Å². The van der Waals surface area contributed by atoms with Crippen LogP contribution in [0.25, 0.3) is 0 Å². The summed E-state index contributed by atoms with van der Waals surface area (Å²) in [6, 6.07) is 0.883. The van der Waals surface area contributed by atoms with Crippen LogP contribution in [0, 0.1) is 5.92 Å². The van der Waals surface area contributed by atoms with Crippen LogP contribution in [-0.4, -0.2) is 45.7 Å². The third-order valence-corrected chi connectivity index (χ3v) is 4.96. The predicted octanol–water partition coefficient (Wildman–Crippen LogP) is 2.02. The van der Waals surface area contributed by atoms with Crippen LogP contribution in [0.5, 0.6) is 0 Å². The van der Waals surface area contributed by atoms with Crippen LogP contribution in [0.3, 0.4) is 0 Å². The highest BCUT2D eigenvalue weighted by Gasteiger charge is 2.26. The largest absolute Gasteiger partial charge is 0.469 e. The molecule has 0 N–H and O–H groups in total. The normalized spacial score (nSPS) is 13.0. The number of esters is 2. The van der Waals surface area contributed by atoms with Gasteiger partial charge in [0.15, 0.2) is 0 Å². The molecule has 6 heteroatoms. The molecule has 4 nitrogen and oxygen atoms in total. The smallest absolute Gasteiger partial charge is 0.315 e. The fourth-order valence-corrected chi connectivity index (χ4v) is 4.40. The minimum Gasteiger partial charge on any atom is -0.469 e. The van der Waals surface area contributed by atoms with E-state index < -0.39 is 8.07 Å². The first-order valence-corrected chi connectivity index (χ1v) is 10.4. The van der Waals surface area contributed by atoms with Crippen LogP contribution in [0.1, 0.15) is 0 Å². The van der Waals surface area contributed by atoms with Gasteiger partial charge in [0.2, 0.25) is 0 Å². The quantitative estimate of drug-likeness (QED) is 0.527. The number of hydrogen-bond acceptors (Lipinski definition) is 5. The van der Waals surface area contributed by atoms with Gasteiger partial charge in [0, 0.05) is 13.8 Å². The maximum absolute atomic E-state index is 11.6. The predicted molar refractivity (Wildman–Crippen MR) is 73.0 cm³/mol. The maximum atomic E-state index is 11.6. The van der Waals surface area contributed by atoms with Crippen LogP contribution < -0.4 is 0 Å². The number of ether oxygens (including phenoxy) is 2. The average molecular weight is 278 g/mol. The Hall–Kier alpha value is -0.493. The van der Waals surface area contributed by atoms with Gasteiger partial charge < -0.3 is 9.47 Å². The Kier molecular flexibility index (Phi) is 7.54. The average Bonchev–Trinajstić information content (AvgIpc) is 2.24. The number of thioether (sulfide) groups is 1. The van der Waals surface area contributed by atoms with Crippen molar-refractivity contribution in [3.8, 4) is 0 Å². The minimum absolute atomic E-state index is 0.110. The Morgan fingerprint density at radius 3 is 2.18 bits per heavy atom. The van der Waals surface area contributed by atoms with E-state index in [1.54, 1.807) is 0 Å². The SMILES string of the molecule is COC(=O)CSC[C@@H](C[Si](C)(C)C)C(=O)OC. The number of hydrogen-bond donors (Lipinski definition) is 0. The van der Waals surface area contributed by atoms with Gasteiger partial charge in [-0.1, -0.05) is 19.6 Å². The zero-order valence-corrected chi connectivity index (χ0v) is 13.1. The zero-order valence-electron chi connectivity index (χ0n) is 11.2. The lowest BCUT2D eigenvalue weighted by Gasteiger charge is -2.22.